The fourth-order valence-corrected chi connectivity index (χ4v) is 2.16. The number of nitrogens with two attached hydrogens (primary N) is 1. The Hall–Kier alpha value is -1.43. The number of nitrogens with zero attached hydrogens (tertiary/aromatic N) is 2. The van der Waals surface area contributed by atoms with Gasteiger partial charge in [0, 0.05) is 0 Å². The van der Waals surface area contributed by atoms with Crippen LogP contribution in [-0.4, -0.2) is 28.9 Å². The van der Waals surface area contributed by atoms with Crippen LogP contribution < -0.4 is 11.1 Å². The molecule has 1 aliphatic heterocycles. The highest BCUT2D eigenvalue weighted by Crippen LogP contribution is 2.22. The molecule has 1 atom stereocenters. The molecule has 94 valence electrons. The average molecular weight is 240 g/mol. The van der Waals surface area contributed by atoms with E-state index in [4.69, 9.17) is 5.73 Å². The van der Waals surface area contributed by atoms with Gasteiger partial charge in [0.25, 0.3) is 5.91 Å². The van der Waals surface area contributed by atoms with E-state index in [9.17, 15) is 9.18 Å². The van der Waals surface area contributed by atoms with E-state index in [0.29, 0.717) is 0 Å². The van der Waals surface area contributed by atoms with E-state index < -0.39 is 12.6 Å². The van der Waals surface area contributed by atoms with Crippen LogP contribution in [0.4, 0.5) is 4.39 Å². The molecule has 0 unspecified atom stereocenters. The van der Waals surface area contributed by atoms with Crippen LogP contribution in [0.3, 0.4) is 0 Å². The molecular formula is C11H17FN4O. The Labute approximate surface area is 99.2 Å². The average Bonchev–Trinajstić information content (AvgIpc) is 2.75. The van der Waals surface area contributed by atoms with Crippen molar-refractivity contribution in [3.63, 3.8) is 0 Å². The van der Waals surface area contributed by atoms with Crippen molar-refractivity contribution in [2.24, 2.45) is 5.73 Å². The second-order valence-corrected chi connectivity index (χ2v) is 4.23. The summed E-state index contributed by atoms with van der Waals surface area (Å²) in [4.78, 5) is 11.2. The molecular weight excluding hydrogens is 223 g/mol. The minimum atomic E-state index is -0.562. The number of carbonyl (C=O) groups excluding carboxylic acids is 1. The van der Waals surface area contributed by atoms with Gasteiger partial charge >= 0.3 is 0 Å². The van der Waals surface area contributed by atoms with Crippen molar-refractivity contribution in [2.75, 3.05) is 13.2 Å². The van der Waals surface area contributed by atoms with Crippen LogP contribution in [0.15, 0.2) is 6.07 Å². The van der Waals surface area contributed by atoms with Crippen molar-refractivity contribution in [1.82, 2.24) is 15.1 Å². The van der Waals surface area contributed by atoms with Crippen LogP contribution in [0, 0.1) is 0 Å². The summed E-state index contributed by atoms with van der Waals surface area (Å²) in [6.45, 7) is 0.469. The number of hydrogen-bond acceptors (Lipinski definition) is 3. The molecule has 1 fully saturated rings. The number of amides is 1. The number of primary amides is 1. The van der Waals surface area contributed by atoms with Crippen molar-refractivity contribution in [3.8, 4) is 0 Å². The molecule has 17 heavy (non-hydrogen) atoms. The summed E-state index contributed by atoms with van der Waals surface area (Å²) in [6, 6.07) is 1.82. The number of rotatable bonds is 4. The molecule has 0 aromatic carbocycles. The van der Waals surface area contributed by atoms with Gasteiger partial charge in [-0.1, -0.05) is 6.42 Å². The van der Waals surface area contributed by atoms with E-state index in [0.717, 1.165) is 31.5 Å². The lowest BCUT2D eigenvalue weighted by atomic mass is 10.0. The Bertz CT molecular complexity index is 398. The van der Waals surface area contributed by atoms with E-state index in [1.54, 1.807) is 6.07 Å². The number of nitrogens with one attached hydrogen (secondary N) is 1. The Kier molecular flexibility index (Phi) is 3.73. The van der Waals surface area contributed by atoms with Crippen LogP contribution in [0.25, 0.3) is 0 Å². The standard InChI is InChI=1S/C11H17FN4O/c12-4-6-16-10(11(13)17)7-9(15-16)8-3-1-2-5-14-8/h7-8,14H,1-6H2,(H2,13,17)/t8-/m1/s1. The molecule has 1 aromatic heterocycles. The highest BCUT2D eigenvalue weighted by Gasteiger charge is 2.20. The Balaban J connectivity index is 2.22. The minimum Gasteiger partial charge on any atom is -0.364 e. The zero-order valence-corrected chi connectivity index (χ0v) is 9.66. The first-order valence-electron chi connectivity index (χ1n) is 5.89. The lowest BCUT2D eigenvalue weighted by molar-refractivity contribution is 0.0989. The predicted molar refractivity (Wildman–Crippen MR) is 61.3 cm³/mol. The molecule has 1 aliphatic rings. The Morgan fingerprint density at radius 2 is 2.47 bits per heavy atom. The molecule has 2 rings (SSSR count). The van der Waals surface area contributed by atoms with Gasteiger partial charge in [-0.25, -0.2) is 4.39 Å². The third-order valence-corrected chi connectivity index (χ3v) is 3.01. The molecule has 1 aromatic rings. The molecule has 5 nitrogen and oxygen atoms in total. The number of carbonyl (C=O) groups is 1. The lowest BCUT2D eigenvalue weighted by Gasteiger charge is -2.21. The number of aromatic nitrogens is 2. The highest BCUT2D eigenvalue weighted by molar-refractivity contribution is 5.91. The van der Waals surface area contributed by atoms with Crippen molar-refractivity contribution < 1.29 is 9.18 Å². The molecule has 0 bridgehead atoms. The lowest BCUT2D eigenvalue weighted by Crippen LogP contribution is -2.27. The maximum Gasteiger partial charge on any atom is 0.266 e. The summed E-state index contributed by atoms with van der Waals surface area (Å²) in [5, 5.41) is 7.59. The quantitative estimate of drug-likeness (QED) is 0.816. The second kappa shape index (κ2) is 5.27. The summed E-state index contributed by atoms with van der Waals surface area (Å²) in [5.41, 5.74) is 6.31. The first-order chi connectivity index (χ1) is 8.22. The fraction of sp³-hybridized carbons (Fsp3) is 0.636. The van der Waals surface area contributed by atoms with E-state index in [1.165, 1.54) is 4.68 Å². The van der Waals surface area contributed by atoms with Crippen molar-refractivity contribution in [2.45, 2.75) is 31.8 Å². The molecule has 0 spiro atoms. The predicted octanol–water partition coefficient (Wildman–Crippen LogP) is 0.766. The first kappa shape index (κ1) is 12.0. The number of piperidine rings is 1. The van der Waals surface area contributed by atoms with Gasteiger partial charge in [0.2, 0.25) is 0 Å². The summed E-state index contributed by atoms with van der Waals surface area (Å²) in [7, 11) is 0. The second-order valence-electron chi connectivity index (χ2n) is 4.23. The van der Waals surface area contributed by atoms with Crippen LogP contribution in [0.2, 0.25) is 0 Å². The zero-order chi connectivity index (χ0) is 12.3. The molecule has 3 N–H and O–H groups in total. The van der Waals surface area contributed by atoms with Crippen LogP contribution in [0.1, 0.15) is 41.5 Å². The van der Waals surface area contributed by atoms with E-state index in [-0.39, 0.29) is 18.3 Å². The highest BCUT2D eigenvalue weighted by atomic mass is 19.1. The van der Waals surface area contributed by atoms with Crippen LogP contribution in [0.5, 0.6) is 0 Å². The zero-order valence-electron chi connectivity index (χ0n) is 9.66. The van der Waals surface area contributed by atoms with Gasteiger partial charge in [-0.15, -0.1) is 0 Å². The largest absolute Gasteiger partial charge is 0.364 e. The number of hydrogen-bond donors (Lipinski definition) is 2. The van der Waals surface area contributed by atoms with E-state index in [2.05, 4.69) is 10.4 Å². The summed E-state index contributed by atoms with van der Waals surface area (Å²) in [6.07, 6.45) is 3.29. The molecule has 1 saturated heterocycles. The normalized spacial score (nSPS) is 20.4. The summed E-state index contributed by atoms with van der Waals surface area (Å²) < 4.78 is 13.7. The monoisotopic (exact) mass is 240 g/mol. The molecule has 2 heterocycles. The maximum absolute atomic E-state index is 12.3. The van der Waals surface area contributed by atoms with Gasteiger partial charge in [-0.3, -0.25) is 9.48 Å². The molecule has 0 aliphatic carbocycles. The van der Waals surface area contributed by atoms with E-state index in [1.807, 2.05) is 0 Å². The Morgan fingerprint density at radius 1 is 1.65 bits per heavy atom. The first-order valence-corrected chi connectivity index (χ1v) is 5.89. The molecule has 0 radical (unpaired) electrons. The van der Waals surface area contributed by atoms with Gasteiger partial charge in [-0.2, -0.15) is 5.10 Å². The van der Waals surface area contributed by atoms with Gasteiger partial charge in [0.1, 0.15) is 12.4 Å². The maximum atomic E-state index is 12.3. The molecule has 6 heteroatoms. The third kappa shape index (κ3) is 2.63. The SMILES string of the molecule is NC(=O)c1cc([C@H]2CCCCN2)nn1CCF. The summed E-state index contributed by atoms with van der Waals surface area (Å²) >= 11 is 0. The van der Waals surface area contributed by atoms with Crippen molar-refractivity contribution in [1.29, 1.82) is 0 Å². The number of alkyl halides is 1. The molecule has 1 amide bonds. The summed E-state index contributed by atoms with van der Waals surface area (Å²) in [5.74, 6) is -0.562. The molecule has 0 saturated carbocycles. The van der Waals surface area contributed by atoms with Crippen LogP contribution >= 0.6 is 0 Å². The van der Waals surface area contributed by atoms with Gasteiger partial charge in [-0.05, 0) is 25.5 Å². The topological polar surface area (TPSA) is 72.9 Å². The third-order valence-electron chi connectivity index (χ3n) is 3.01. The van der Waals surface area contributed by atoms with Gasteiger partial charge < -0.3 is 11.1 Å². The van der Waals surface area contributed by atoms with Gasteiger partial charge in [0.15, 0.2) is 0 Å². The number of aryl methyl sites for hydroxylation is 1. The smallest absolute Gasteiger partial charge is 0.266 e. The number of halogens is 1. The van der Waals surface area contributed by atoms with Crippen LogP contribution in [-0.2, 0) is 6.54 Å². The Morgan fingerprint density at radius 3 is 3.06 bits per heavy atom. The minimum absolute atomic E-state index is 0.0744. The van der Waals surface area contributed by atoms with E-state index >= 15 is 0 Å². The van der Waals surface area contributed by atoms with Gasteiger partial charge in [0.05, 0.1) is 18.3 Å². The van der Waals surface area contributed by atoms with Crippen molar-refractivity contribution >= 4 is 5.91 Å². The fourth-order valence-electron chi connectivity index (χ4n) is 2.16. The van der Waals surface area contributed by atoms with Crippen molar-refractivity contribution in [3.05, 3.63) is 17.5 Å².